The van der Waals surface area contributed by atoms with Crippen LogP contribution in [-0.4, -0.2) is 30.6 Å². The number of ether oxygens (including phenoxy) is 1. The third kappa shape index (κ3) is 5.20. The molecule has 0 aliphatic heterocycles. The van der Waals surface area contributed by atoms with Crippen LogP contribution in [0.4, 0.5) is 11.4 Å². The Balaban J connectivity index is 2.67. The molecule has 1 amide bonds. The van der Waals surface area contributed by atoms with Gasteiger partial charge >= 0.3 is 0 Å². The van der Waals surface area contributed by atoms with E-state index in [-0.39, 0.29) is 28.5 Å². The third-order valence-corrected chi connectivity index (χ3v) is 2.87. The Kier molecular flexibility index (Phi) is 6.39. The van der Waals surface area contributed by atoms with Gasteiger partial charge in [0.05, 0.1) is 27.8 Å². The summed E-state index contributed by atoms with van der Waals surface area (Å²) in [5.74, 6) is -0.113. The third-order valence-electron chi connectivity index (χ3n) is 2.55. The molecule has 0 heterocycles. The molecule has 0 saturated carbocycles. The van der Waals surface area contributed by atoms with Crippen LogP contribution in [0.2, 0.25) is 5.02 Å². The standard InChI is InChI=1S/C13H18ClN3O4/c1-8(2)7-21-4-3-16-13(18)10-5-9(17(19)20)6-11(14)12(10)15/h5-6,8H,3-4,7,15H2,1-2H3,(H,16,18). The van der Waals surface area contributed by atoms with Gasteiger partial charge in [-0.15, -0.1) is 0 Å². The van der Waals surface area contributed by atoms with Crippen LogP contribution < -0.4 is 11.1 Å². The molecule has 1 rings (SSSR count). The largest absolute Gasteiger partial charge is 0.397 e. The normalized spacial score (nSPS) is 10.7. The second-order valence-corrected chi connectivity index (χ2v) is 5.28. The first kappa shape index (κ1) is 17.2. The van der Waals surface area contributed by atoms with E-state index >= 15 is 0 Å². The van der Waals surface area contributed by atoms with Gasteiger partial charge in [0.1, 0.15) is 0 Å². The fourth-order valence-electron chi connectivity index (χ4n) is 1.55. The van der Waals surface area contributed by atoms with Gasteiger partial charge in [0.2, 0.25) is 0 Å². The molecule has 0 atom stereocenters. The Hall–Kier alpha value is -1.86. The molecule has 0 fully saturated rings. The van der Waals surface area contributed by atoms with Crippen LogP contribution in [0.25, 0.3) is 0 Å². The summed E-state index contributed by atoms with van der Waals surface area (Å²) in [7, 11) is 0. The average molecular weight is 316 g/mol. The van der Waals surface area contributed by atoms with Crippen LogP contribution in [-0.2, 0) is 4.74 Å². The number of hydrogen-bond acceptors (Lipinski definition) is 5. The van der Waals surface area contributed by atoms with Crippen molar-refractivity contribution in [1.82, 2.24) is 5.32 Å². The Morgan fingerprint density at radius 2 is 2.19 bits per heavy atom. The van der Waals surface area contributed by atoms with Crippen molar-refractivity contribution in [2.75, 3.05) is 25.5 Å². The van der Waals surface area contributed by atoms with Gasteiger partial charge < -0.3 is 15.8 Å². The van der Waals surface area contributed by atoms with Crippen molar-refractivity contribution < 1.29 is 14.5 Å². The number of non-ortho nitro benzene ring substituents is 1. The van der Waals surface area contributed by atoms with Crippen molar-refractivity contribution in [1.29, 1.82) is 0 Å². The minimum atomic E-state index is -0.631. The molecule has 1 aromatic rings. The van der Waals surface area contributed by atoms with Gasteiger partial charge in [0, 0.05) is 25.3 Å². The number of halogens is 1. The number of rotatable bonds is 7. The maximum Gasteiger partial charge on any atom is 0.271 e. The molecule has 8 heteroatoms. The van der Waals surface area contributed by atoms with Crippen LogP contribution in [0.3, 0.4) is 0 Å². The maximum absolute atomic E-state index is 12.0. The lowest BCUT2D eigenvalue weighted by molar-refractivity contribution is -0.384. The zero-order valence-electron chi connectivity index (χ0n) is 11.9. The summed E-state index contributed by atoms with van der Waals surface area (Å²) in [4.78, 5) is 22.1. The van der Waals surface area contributed by atoms with E-state index in [0.717, 1.165) is 12.1 Å². The summed E-state index contributed by atoms with van der Waals surface area (Å²) in [6, 6.07) is 2.21. The number of nitrogen functional groups attached to an aromatic ring is 1. The van der Waals surface area contributed by atoms with E-state index in [0.29, 0.717) is 19.1 Å². The molecule has 0 aromatic heterocycles. The fraction of sp³-hybridized carbons (Fsp3) is 0.462. The van der Waals surface area contributed by atoms with Crippen molar-refractivity contribution in [3.05, 3.63) is 32.8 Å². The molecule has 3 N–H and O–H groups in total. The van der Waals surface area contributed by atoms with Gasteiger partial charge in [0.15, 0.2) is 0 Å². The number of nitro groups is 1. The van der Waals surface area contributed by atoms with Crippen LogP contribution >= 0.6 is 11.6 Å². The van der Waals surface area contributed by atoms with Gasteiger partial charge in [-0.1, -0.05) is 25.4 Å². The Morgan fingerprint density at radius 3 is 2.76 bits per heavy atom. The van der Waals surface area contributed by atoms with E-state index in [1.54, 1.807) is 0 Å². The second kappa shape index (κ2) is 7.80. The molecule has 0 bridgehead atoms. The lowest BCUT2D eigenvalue weighted by Crippen LogP contribution is -2.28. The molecule has 0 aliphatic rings. The van der Waals surface area contributed by atoms with E-state index in [4.69, 9.17) is 22.1 Å². The quantitative estimate of drug-likeness (QED) is 0.347. The number of benzene rings is 1. The second-order valence-electron chi connectivity index (χ2n) is 4.87. The van der Waals surface area contributed by atoms with Gasteiger partial charge in [0.25, 0.3) is 11.6 Å². The van der Waals surface area contributed by atoms with Crippen molar-refractivity contribution in [2.45, 2.75) is 13.8 Å². The topological polar surface area (TPSA) is 107 Å². The molecule has 1 aromatic carbocycles. The molecule has 7 nitrogen and oxygen atoms in total. The number of anilines is 1. The minimum Gasteiger partial charge on any atom is -0.397 e. The number of nitrogens with two attached hydrogens (primary N) is 1. The zero-order valence-corrected chi connectivity index (χ0v) is 12.6. The highest BCUT2D eigenvalue weighted by atomic mass is 35.5. The number of nitro benzene ring substituents is 1. The average Bonchev–Trinajstić information content (AvgIpc) is 2.40. The van der Waals surface area contributed by atoms with Gasteiger partial charge in [-0.3, -0.25) is 14.9 Å². The molecule has 0 radical (unpaired) electrons. The number of nitrogens with zero attached hydrogens (tertiary/aromatic N) is 1. The summed E-state index contributed by atoms with van der Waals surface area (Å²) in [6.45, 7) is 5.27. The molecular formula is C13H18ClN3O4. The molecule has 116 valence electrons. The summed E-state index contributed by atoms with van der Waals surface area (Å²) >= 11 is 5.79. The molecule has 0 unspecified atom stereocenters. The first-order valence-corrected chi connectivity index (χ1v) is 6.80. The zero-order chi connectivity index (χ0) is 16.0. The molecule has 0 saturated heterocycles. The van der Waals surface area contributed by atoms with Crippen molar-refractivity contribution >= 4 is 28.9 Å². The van der Waals surface area contributed by atoms with Crippen LogP contribution in [0.5, 0.6) is 0 Å². The van der Waals surface area contributed by atoms with Crippen molar-refractivity contribution in [3.8, 4) is 0 Å². The predicted molar refractivity (Wildman–Crippen MR) is 80.5 cm³/mol. The number of carbonyl (C=O) groups is 1. The van der Waals surface area contributed by atoms with Crippen molar-refractivity contribution in [3.63, 3.8) is 0 Å². The molecular weight excluding hydrogens is 298 g/mol. The van der Waals surface area contributed by atoms with Crippen LogP contribution in [0.1, 0.15) is 24.2 Å². The van der Waals surface area contributed by atoms with E-state index in [2.05, 4.69) is 5.32 Å². The smallest absolute Gasteiger partial charge is 0.271 e. The monoisotopic (exact) mass is 315 g/mol. The Bertz CT molecular complexity index is 534. The highest BCUT2D eigenvalue weighted by Crippen LogP contribution is 2.28. The number of amides is 1. The molecule has 0 spiro atoms. The van der Waals surface area contributed by atoms with Gasteiger partial charge in [-0.2, -0.15) is 0 Å². The fourth-order valence-corrected chi connectivity index (χ4v) is 1.76. The summed E-state index contributed by atoms with van der Waals surface area (Å²) in [5, 5.41) is 13.3. The minimum absolute atomic E-state index is 0.0157. The summed E-state index contributed by atoms with van der Waals surface area (Å²) in [6.07, 6.45) is 0. The number of hydrogen-bond donors (Lipinski definition) is 2. The van der Waals surface area contributed by atoms with Gasteiger partial charge in [-0.05, 0) is 5.92 Å². The molecule has 0 aliphatic carbocycles. The van der Waals surface area contributed by atoms with E-state index in [1.165, 1.54) is 0 Å². The van der Waals surface area contributed by atoms with E-state index < -0.39 is 10.8 Å². The summed E-state index contributed by atoms with van der Waals surface area (Å²) in [5.41, 5.74) is 5.39. The summed E-state index contributed by atoms with van der Waals surface area (Å²) < 4.78 is 5.32. The first-order chi connectivity index (χ1) is 9.82. The highest BCUT2D eigenvalue weighted by molar-refractivity contribution is 6.34. The predicted octanol–water partition coefficient (Wildman–Crippen LogP) is 2.23. The number of nitrogens with one attached hydrogen (secondary N) is 1. The van der Waals surface area contributed by atoms with E-state index in [1.807, 2.05) is 13.8 Å². The maximum atomic E-state index is 12.0. The van der Waals surface area contributed by atoms with E-state index in [9.17, 15) is 14.9 Å². The Labute approximate surface area is 127 Å². The molecule has 21 heavy (non-hydrogen) atoms. The highest BCUT2D eigenvalue weighted by Gasteiger charge is 2.18. The van der Waals surface area contributed by atoms with Gasteiger partial charge in [-0.25, -0.2) is 0 Å². The lowest BCUT2D eigenvalue weighted by Gasteiger charge is -2.10. The SMILES string of the molecule is CC(C)COCCNC(=O)c1cc([N+](=O)[O-])cc(Cl)c1N. The van der Waals surface area contributed by atoms with Crippen molar-refractivity contribution in [2.24, 2.45) is 5.92 Å². The Morgan fingerprint density at radius 1 is 1.52 bits per heavy atom. The first-order valence-electron chi connectivity index (χ1n) is 6.42. The lowest BCUT2D eigenvalue weighted by atomic mass is 10.1. The van der Waals surface area contributed by atoms with Crippen LogP contribution in [0.15, 0.2) is 12.1 Å². The van der Waals surface area contributed by atoms with Crippen LogP contribution in [0, 0.1) is 16.0 Å². The number of carbonyl (C=O) groups excluding carboxylic acids is 1.